The Labute approximate surface area is 96.0 Å². The van der Waals surface area contributed by atoms with E-state index < -0.39 is 11.5 Å². The van der Waals surface area contributed by atoms with Gasteiger partial charge in [0.1, 0.15) is 5.54 Å². The van der Waals surface area contributed by atoms with Crippen LogP contribution in [0.4, 0.5) is 0 Å². The molecule has 88 valence electrons. The van der Waals surface area contributed by atoms with Gasteiger partial charge in [-0.3, -0.25) is 4.79 Å². The van der Waals surface area contributed by atoms with Crippen LogP contribution in [0.15, 0.2) is 0 Å². The molecule has 0 amide bonds. The fourth-order valence-corrected chi connectivity index (χ4v) is 2.90. The zero-order valence-corrected chi connectivity index (χ0v) is 10.4. The number of nitrogens with one attached hydrogen (secondary N) is 1. The average molecular weight is 231 g/mol. The van der Waals surface area contributed by atoms with Gasteiger partial charge >= 0.3 is 5.97 Å². The van der Waals surface area contributed by atoms with Crippen molar-refractivity contribution < 1.29 is 9.90 Å². The molecular formula is C11H21NO2S. The van der Waals surface area contributed by atoms with Gasteiger partial charge in [-0.1, -0.05) is 20.3 Å². The van der Waals surface area contributed by atoms with Crippen LogP contribution in [0, 0.1) is 5.92 Å². The highest BCUT2D eigenvalue weighted by Gasteiger charge is 2.39. The summed E-state index contributed by atoms with van der Waals surface area (Å²) in [5.74, 6) is 1.67. The summed E-state index contributed by atoms with van der Waals surface area (Å²) in [7, 11) is 0. The van der Waals surface area contributed by atoms with E-state index in [4.69, 9.17) is 0 Å². The molecular weight excluding hydrogens is 210 g/mol. The molecule has 1 aliphatic heterocycles. The maximum absolute atomic E-state index is 11.3. The number of hydrogen-bond acceptors (Lipinski definition) is 3. The molecule has 0 saturated carbocycles. The van der Waals surface area contributed by atoms with Gasteiger partial charge in [0.05, 0.1) is 0 Å². The lowest BCUT2D eigenvalue weighted by Crippen LogP contribution is -2.56. The molecule has 3 nitrogen and oxygen atoms in total. The molecule has 2 atom stereocenters. The monoisotopic (exact) mass is 231 g/mol. The molecule has 1 aliphatic rings. The standard InChI is InChI=1S/C11H21NO2S/c1-3-9(2)7-12-11(10(13)14)5-4-6-15-8-11/h9,12H,3-8H2,1-2H3,(H,13,14). The van der Waals surface area contributed by atoms with Crippen LogP contribution in [0.25, 0.3) is 0 Å². The van der Waals surface area contributed by atoms with E-state index in [0.717, 1.165) is 31.6 Å². The van der Waals surface area contributed by atoms with Crippen LogP contribution in [0.1, 0.15) is 33.1 Å². The third kappa shape index (κ3) is 3.38. The van der Waals surface area contributed by atoms with E-state index in [-0.39, 0.29) is 0 Å². The lowest BCUT2D eigenvalue weighted by atomic mass is 9.94. The quantitative estimate of drug-likeness (QED) is 0.759. The first kappa shape index (κ1) is 12.8. The summed E-state index contributed by atoms with van der Waals surface area (Å²) in [6, 6.07) is 0. The molecule has 0 radical (unpaired) electrons. The van der Waals surface area contributed by atoms with E-state index >= 15 is 0 Å². The molecule has 2 unspecified atom stereocenters. The Morgan fingerprint density at radius 3 is 2.87 bits per heavy atom. The molecule has 0 aromatic rings. The third-order valence-electron chi connectivity index (χ3n) is 3.14. The van der Waals surface area contributed by atoms with Crippen molar-refractivity contribution in [2.24, 2.45) is 5.92 Å². The number of thioether (sulfide) groups is 1. The molecule has 0 aromatic carbocycles. The predicted octanol–water partition coefficient (Wildman–Crippen LogP) is 1.97. The van der Waals surface area contributed by atoms with Gasteiger partial charge in [-0.25, -0.2) is 0 Å². The molecule has 2 N–H and O–H groups in total. The number of hydrogen-bond donors (Lipinski definition) is 2. The molecule has 1 rings (SSSR count). The molecule has 15 heavy (non-hydrogen) atoms. The number of aliphatic carboxylic acids is 1. The van der Waals surface area contributed by atoms with E-state index in [9.17, 15) is 9.90 Å². The van der Waals surface area contributed by atoms with Crippen molar-refractivity contribution in [2.75, 3.05) is 18.1 Å². The van der Waals surface area contributed by atoms with Gasteiger partial charge < -0.3 is 10.4 Å². The van der Waals surface area contributed by atoms with Crippen LogP contribution in [-0.4, -0.2) is 34.7 Å². The average Bonchev–Trinajstić information content (AvgIpc) is 2.27. The Hall–Kier alpha value is -0.220. The van der Waals surface area contributed by atoms with Crippen molar-refractivity contribution in [2.45, 2.75) is 38.6 Å². The lowest BCUT2D eigenvalue weighted by molar-refractivity contribution is -0.144. The largest absolute Gasteiger partial charge is 0.480 e. The maximum Gasteiger partial charge on any atom is 0.324 e. The lowest BCUT2D eigenvalue weighted by Gasteiger charge is -2.34. The summed E-state index contributed by atoms with van der Waals surface area (Å²) in [5, 5.41) is 12.6. The van der Waals surface area contributed by atoms with Crippen LogP contribution in [0.3, 0.4) is 0 Å². The predicted molar refractivity (Wildman–Crippen MR) is 64.4 cm³/mol. The molecule has 0 aromatic heterocycles. The Kier molecular flexibility index (Phi) is 4.93. The van der Waals surface area contributed by atoms with Crippen LogP contribution in [-0.2, 0) is 4.79 Å². The molecule has 1 fully saturated rings. The van der Waals surface area contributed by atoms with E-state index in [1.165, 1.54) is 0 Å². The second kappa shape index (κ2) is 5.75. The maximum atomic E-state index is 11.3. The second-order valence-electron chi connectivity index (χ2n) is 4.44. The Bertz CT molecular complexity index is 215. The van der Waals surface area contributed by atoms with Crippen molar-refractivity contribution in [1.29, 1.82) is 0 Å². The van der Waals surface area contributed by atoms with E-state index in [2.05, 4.69) is 19.2 Å². The smallest absolute Gasteiger partial charge is 0.324 e. The topological polar surface area (TPSA) is 49.3 Å². The Morgan fingerprint density at radius 2 is 2.40 bits per heavy atom. The highest BCUT2D eigenvalue weighted by atomic mass is 32.2. The van der Waals surface area contributed by atoms with Gasteiger partial charge in [0.25, 0.3) is 0 Å². The van der Waals surface area contributed by atoms with Gasteiger partial charge in [0.2, 0.25) is 0 Å². The van der Waals surface area contributed by atoms with Gasteiger partial charge in [-0.05, 0) is 31.1 Å². The minimum absolute atomic E-state index is 0.549. The van der Waals surface area contributed by atoms with Crippen molar-refractivity contribution in [3.05, 3.63) is 0 Å². The van der Waals surface area contributed by atoms with E-state index in [1.54, 1.807) is 11.8 Å². The molecule has 0 aliphatic carbocycles. The summed E-state index contributed by atoms with van der Waals surface area (Å²) in [4.78, 5) is 11.3. The van der Waals surface area contributed by atoms with Crippen LogP contribution < -0.4 is 5.32 Å². The summed E-state index contributed by atoms with van der Waals surface area (Å²) in [6.07, 6.45) is 2.87. The van der Waals surface area contributed by atoms with Crippen LogP contribution in [0.5, 0.6) is 0 Å². The third-order valence-corrected chi connectivity index (χ3v) is 4.41. The van der Waals surface area contributed by atoms with Gasteiger partial charge in [0.15, 0.2) is 0 Å². The van der Waals surface area contributed by atoms with Crippen LogP contribution >= 0.6 is 11.8 Å². The molecule has 0 bridgehead atoms. The van der Waals surface area contributed by atoms with Gasteiger partial charge in [-0.15, -0.1) is 0 Å². The summed E-state index contributed by atoms with van der Waals surface area (Å²) >= 11 is 1.75. The number of carboxylic acids is 1. The number of rotatable bonds is 5. The highest BCUT2D eigenvalue weighted by molar-refractivity contribution is 7.99. The van der Waals surface area contributed by atoms with Gasteiger partial charge in [0, 0.05) is 5.75 Å². The number of carbonyl (C=O) groups is 1. The van der Waals surface area contributed by atoms with Crippen LogP contribution in [0.2, 0.25) is 0 Å². The highest BCUT2D eigenvalue weighted by Crippen LogP contribution is 2.27. The molecule has 1 saturated heterocycles. The van der Waals surface area contributed by atoms with Crippen molar-refractivity contribution in [3.8, 4) is 0 Å². The SMILES string of the molecule is CCC(C)CNC1(C(=O)O)CCCSC1. The Morgan fingerprint density at radius 1 is 1.67 bits per heavy atom. The normalized spacial score (nSPS) is 28.7. The molecule has 1 heterocycles. The first-order chi connectivity index (χ1) is 7.10. The van der Waals surface area contributed by atoms with Gasteiger partial charge in [-0.2, -0.15) is 11.8 Å². The summed E-state index contributed by atoms with van der Waals surface area (Å²) in [5.41, 5.74) is -0.660. The summed E-state index contributed by atoms with van der Waals surface area (Å²) in [6.45, 7) is 5.09. The minimum Gasteiger partial charge on any atom is -0.480 e. The van der Waals surface area contributed by atoms with E-state index in [0.29, 0.717) is 11.7 Å². The van der Waals surface area contributed by atoms with Crippen molar-refractivity contribution in [1.82, 2.24) is 5.32 Å². The first-order valence-electron chi connectivity index (χ1n) is 5.67. The minimum atomic E-state index is -0.682. The zero-order valence-electron chi connectivity index (χ0n) is 9.58. The fourth-order valence-electron chi connectivity index (χ4n) is 1.69. The first-order valence-corrected chi connectivity index (χ1v) is 6.82. The van der Waals surface area contributed by atoms with Crippen molar-refractivity contribution >= 4 is 17.7 Å². The molecule has 0 spiro atoms. The number of carboxylic acid groups (broad SMARTS) is 1. The fraction of sp³-hybridized carbons (Fsp3) is 0.909. The summed E-state index contributed by atoms with van der Waals surface area (Å²) < 4.78 is 0. The second-order valence-corrected chi connectivity index (χ2v) is 5.54. The Balaban J connectivity index is 2.53. The van der Waals surface area contributed by atoms with E-state index in [1.807, 2.05) is 0 Å². The zero-order chi connectivity index (χ0) is 11.3. The molecule has 4 heteroatoms. The van der Waals surface area contributed by atoms with Crippen molar-refractivity contribution in [3.63, 3.8) is 0 Å².